The molecule has 1 aliphatic carbocycles. The lowest BCUT2D eigenvalue weighted by atomic mass is 9.62. The van der Waals surface area contributed by atoms with Crippen LogP contribution in [0.5, 0.6) is 0 Å². The summed E-state index contributed by atoms with van der Waals surface area (Å²) in [5.74, 6) is 6.28. The van der Waals surface area contributed by atoms with Crippen LogP contribution in [0, 0.1) is 23.7 Å². The average molecular weight is 312 g/mol. The third-order valence-electron chi connectivity index (χ3n) is 5.98. The highest BCUT2D eigenvalue weighted by Crippen LogP contribution is 2.48. The molecule has 0 amide bonds. The number of nitrogens with one attached hydrogen (secondary N) is 1. The van der Waals surface area contributed by atoms with Crippen LogP contribution < -0.4 is 5.32 Å². The summed E-state index contributed by atoms with van der Waals surface area (Å²) in [6, 6.07) is 0. The van der Waals surface area contributed by atoms with E-state index in [0.717, 1.165) is 30.3 Å². The maximum atomic E-state index is 6.27. The normalized spacial score (nSPS) is 35.9. The molecule has 3 rings (SSSR count). The van der Waals surface area contributed by atoms with E-state index in [0.29, 0.717) is 0 Å². The molecule has 0 aromatic carbocycles. The minimum absolute atomic E-state index is 0.277. The quantitative estimate of drug-likeness (QED) is 0.830. The lowest BCUT2D eigenvalue weighted by Crippen LogP contribution is -2.48. The van der Waals surface area contributed by atoms with Crippen LogP contribution in [0.2, 0.25) is 0 Å². The van der Waals surface area contributed by atoms with E-state index in [9.17, 15) is 0 Å². The summed E-state index contributed by atoms with van der Waals surface area (Å²) in [6.45, 7) is 8.06. The molecule has 2 aliphatic heterocycles. The van der Waals surface area contributed by atoms with Crippen LogP contribution in [-0.2, 0) is 4.74 Å². The van der Waals surface area contributed by atoms with Gasteiger partial charge in [0.25, 0.3) is 0 Å². The number of thioether (sulfide) groups is 1. The molecule has 0 radical (unpaired) electrons. The first-order valence-corrected chi connectivity index (χ1v) is 10.3. The van der Waals surface area contributed by atoms with Gasteiger partial charge in [0.1, 0.15) is 0 Å². The summed E-state index contributed by atoms with van der Waals surface area (Å²) in [4.78, 5) is 0. The lowest BCUT2D eigenvalue weighted by Gasteiger charge is -2.50. The van der Waals surface area contributed by atoms with Crippen molar-refractivity contribution < 1.29 is 4.74 Å². The molecule has 1 spiro atoms. The lowest BCUT2D eigenvalue weighted by molar-refractivity contribution is -0.122. The predicted octanol–water partition coefficient (Wildman–Crippen LogP) is 3.95. The van der Waals surface area contributed by atoms with Crippen LogP contribution in [0.3, 0.4) is 0 Å². The minimum Gasteiger partial charge on any atom is -0.375 e. The van der Waals surface area contributed by atoms with Crippen molar-refractivity contribution in [3.8, 4) is 0 Å². The highest BCUT2D eigenvalue weighted by Gasteiger charge is 2.44. The van der Waals surface area contributed by atoms with Crippen LogP contribution in [0.4, 0.5) is 0 Å². The zero-order chi connectivity index (χ0) is 14.7. The molecule has 1 N–H and O–H groups in total. The standard InChI is InChI=1S/C18H33NOS/c1-14(2)12-19-13-16-3-4-17(16)15-5-8-20-18(11-15)6-9-21-10-7-18/h14-17,19H,3-13H2,1-2H3. The Hall–Kier alpha value is 0.270. The monoisotopic (exact) mass is 311 g/mol. The van der Waals surface area contributed by atoms with Crippen molar-refractivity contribution in [3.05, 3.63) is 0 Å². The molecule has 3 aliphatic rings. The van der Waals surface area contributed by atoms with E-state index in [1.807, 2.05) is 0 Å². The molecule has 2 heterocycles. The molecule has 3 atom stereocenters. The smallest absolute Gasteiger partial charge is 0.0701 e. The molecule has 1 saturated carbocycles. The molecule has 122 valence electrons. The SMILES string of the molecule is CC(C)CNCC1CCC1C1CCOC2(CCSCC2)C1. The van der Waals surface area contributed by atoms with E-state index in [1.54, 1.807) is 0 Å². The summed E-state index contributed by atoms with van der Waals surface area (Å²) in [7, 11) is 0. The highest BCUT2D eigenvalue weighted by atomic mass is 32.2. The van der Waals surface area contributed by atoms with Gasteiger partial charge in [0.05, 0.1) is 5.60 Å². The third-order valence-corrected chi connectivity index (χ3v) is 6.96. The van der Waals surface area contributed by atoms with Gasteiger partial charge in [0.15, 0.2) is 0 Å². The van der Waals surface area contributed by atoms with Gasteiger partial charge in [-0.05, 0) is 86.8 Å². The molecule has 2 nitrogen and oxygen atoms in total. The molecule has 3 fully saturated rings. The van der Waals surface area contributed by atoms with Crippen LogP contribution in [-0.4, -0.2) is 36.8 Å². The van der Waals surface area contributed by atoms with Gasteiger partial charge >= 0.3 is 0 Å². The van der Waals surface area contributed by atoms with E-state index < -0.39 is 0 Å². The Morgan fingerprint density at radius 2 is 2.00 bits per heavy atom. The topological polar surface area (TPSA) is 21.3 Å². The van der Waals surface area contributed by atoms with E-state index in [1.165, 1.54) is 63.1 Å². The highest BCUT2D eigenvalue weighted by molar-refractivity contribution is 7.99. The van der Waals surface area contributed by atoms with Crippen molar-refractivity contribution in [1.29, 1.82) is 0 Å². The first-order valence-electron chi connectivity index (χ1n) is 9.11. The van der Waals surface area contributed by atoms with Crippen molar-refractivity contribution in [2.24, 2.45) is 23.7 Å². The zero-order valence-electron chi connectivity index (χ0n) is 13.9. The van der Waals surface area contributed by atoms with Crippen molar-refractivity contribution in [2.75, 3.05) is 31.2 Å². The summed E-state index contributed by atoms with van der Waals surface area (Å²) in [6.07, 6.45) is 8.22. The second-order valence-electron chi connectivity index (χ2n) is 7.95. The van der Waals surface area contributed by atoms with Gasteiger partial charge < -0.3 is 10.1 Å². The fourth-order valence-electron chi connectivity index (χ4n) is 4.55. The molecular formula is C18H33NOS. The second kappa shape index (κ2) is 7.23. The van der Waals surface area contributed by atoms with E-state index in [2.05, 4.69) is 30.9 Å². The third kappa shape index (κ3) is 3.97. The fraction of sp³-hybridized carbons (Fsp3) is 1.00. The van der Waals surface area contributed by atoms with Gasteiger partial charge in [-0.3, -0.25) is 0 Å². The van der Waals surface area contributed by atoms with Crippen LogP contribution >= 0.6 is 11.8 Å². The molecule has 3 heteroatoms. The van der Waals surface area contributed by atoms with Crippen molar-refractivity contribution in [2.45, 2.75) is 58.0 Å². The summed E-state index contributed by atoms with van der Waals surface area (Å²) in [5, 5.41) is 3.69. The van der Waals surface area contributed by atoms with Gasteiger partial charge in [-0.25, -0.2) is 0 Å². The van der Waals surface area contributed by atoms with Crippen molar-refractivity contribution in [1.82, 2.24) is 5.32 Å². The first kappa shape index (κ1) is 16.1. The molecule has 3 unspecified atom stereocenters. The summed E-state index contributed by atoms with van der Waals surface area (Å²) in [5.41, 5.74) is 0.277. The average Bonchev–Trinajstić information content (AvgIpc) is 2.43. The van der Waals surface area contributed by atoms with Gasteiger partial charge in [0, 0.05) is 6.61 Å². The van der Waals surface area contributed by atoms with Crippen LogP contribution in [0.25, 0.3) is 0 Å². The molecule has 0 aromatic rings. The number of hydrogen-bond donors (Lipinski definition) is 1. The molecule has 0 aromatic heterocycles. The predicted molar refractivity (Wildman–Crippen MR) is 91.9 cm³/mol. The maximum Gasteiger partial charge on any atom is 0.0701 e. The summed E-state index contributed by atoms with van der Waals surface area (Å²) >= 11 is 2.12. The van der Waals surface area contributed by atoms with E-state index in [4.69, 9.17) is 4.74 Å². The first-order chi connectivity index (χ1) is 10.2. The number of hydrogen-bond acceptors (Lipinski definition) is 3. The van der Waals surface area contributed by atoms with Crippen LogP contribution in [0.1, 0.15) is 52.4 Å². The van der Waals surface area contributed by atoms with Gasteiger partial charge in [-0.1, -0.05) is 13.8 Å². The van der Waals surface area contributed by atoms with Gasteiger partial charge in [0.2, 0.25) is 0 Å². The zero-order valence-corrected chi connectivity index (χ0v) is 14.7. The fourth-order valence-corrected chi connectivity index (χ4v) is 5.79. The number of ether oxygens (including phenoxy) is 1. The Balaban J connectivity index is 1.49. The Morgan fingerprint density at radius 1 is 1.19 bits per heavy atom. The maximum absolute atomic E-state index is 6.27. The van der Waals surface area contributed by atoms with Crippen molar-refractivity contribution >= 4 is 11.8 Å². The minimum atomic E-state index is 0.277. The Labute approximate surface area is 135 Å². The largest absolute Gasteiger partial charge is 0.375 e. The molecule has 0 bridgehead atoms. The van der Waals surface area contributed by atoms with Gasteiger partial charge in [-0.15, -0.1) is 0 Å². The Kier molecular flexibility index (Phi) is 5.55. The second-order valence-corrected chi connectivity index (χ2v) is 9.17. The van der Waals surface area contributed by atoms with Gasteiger partial charge in [-0.2, -0.15) is 11.8 Å². The Morgan fingerprint density at radius 3 is 2.67 bits per heavy atom. The molecule has 2 saturated heterocycles. The Bertz CT molecular complexity index is 322. The van der Waals surface area contributed by atoms with E-state index >= 15 is 0 Å². The number of rotatable bonds is 5. The summed E-state index contributed by atoms with van der Waals surface area (Å²) < 4.78 is 6.27. The molecule has 21 heavy (non-hydrogen) atoms. The van der Waals surface area contributed by atoms with Crippen molar-refractivity contribution in [3.63, 3.8) is 0 Å². The van der Waals surface area contributed by atoms with Crippen LogP contribution in [0.15, 0.2) is 0 Å². The van der Waals surface area contributed by atoms with E-state index in [-0.39, 0.29) is 5.60 Å². The molecular weight excluding hydrogens is 278 g/mol.